The number of nitrogens with one attached hydrogen (secondary N) is 1. The van der Waals surface area contributed by atoms with Gasteiger partial charge >= 0.3 is 6.18 Å². The van der Waals surface area contributed by atoms with E-state index < -0.39 is 27.1 Å². The summed E-state index contributed by atoms with van der Waals surface area (Å²) in [5.41, 5.74) is 2.28. The van der Waals surface area contributed by atoms with Crippen LogP contribution in [0.25, 0.3) is 28.1 Å². The fourth-order valence-electron chi connectivity index (χ4n) is 3.10. The van der Waals surface area contributed by atoms with Gasteiger partial charge in [0.1, 0.15) is 22.7 Å². The van der Waals surface area contributed by atoms with Gasteiger partial charge < -0.3 is 0 Å². The summed E-state index contributed by atoms with van der Waals surface area (Å²) < 4.78 is 66.1. The monoisotopic (exact) mass is 445 g/mol. The molecule has 0 unspecified atom stereocenters. The standard InChI is InChI=1S/C20H14F3N5O2S/c1-12(20(21,22)23)27-31(29,30)14-7-8-17(26-11-14)18-16(10-24)15-6-3-9-25-19(15)28(18)13-4-2-5-13/h2-9,11-12,27H,1H3/t12-/m1/s1. The lowest BCUT2D eigenvalue weighted by molar-refractivity contribution is -0.147. The first-order valence-corrected chi connectivity index (χ1v) is 10.5. The number of alkyl halides is 3. The predicted octanol–water partition coefficient (Wildman–Crippen LogP) is 3.61. The number of pyridine rings is 2. The van der Waals surface area contributed by atoms with Crippen molar-refractivity contribution in [1.82, 2.24) is 19.3 Å². The van der Waals surface area contributed by atoms with Crippen LogP contribution in [0.5, 0.6) is 0 Å². The maximum Gasteiger partial charge on any atom is 0.404 e. The van der Waals surface area contributed by atoms with E-state index in [1.54, 1.807) is 27.6 Å². The summed E-state index contributed by atoms with van der Waals surface area (Å²) in [6, 6.07) is 5.82. The van der Waals surface area contributed by atoms with Crippen molar-refractivity contribution in [2.75, 3.05) is 0 Å². The first kappa shape index (κ1) is 20.8. The molecule has 0 saturated carbocycles. The molecule has 3 aromatic heterocycles. The van der Waals surface area contributed by atoms with Crippen LogP contribution in [0.3, 0.4) is 0 Å². The molecule has 0 saturated heterocycles. The van der Waals surface area contributed by atoms with Gasteiger partial charge in [-0.05, 0) is 43.3 Å². The molecule has 1 aliphatic carbocycles. The molecule has 11 heteroatoms. The molecule has 0 bridgehead atoms. The smallest absolute Gasteiger partial charge is 0.291 e. The van der Waals surface area contributed by atoms with Crippen molar-refractivity contribution in [2.24, 2.45) is 0 Å². The van der Waals surface area contributed by atoms with E-state index in [-0.39, 0.29) is 5.69 Å². The minimum atomic E-state index is -4.72. The molecule has 1 atom stereocenters. The Bertz CT molecular complexity index is 1380. The summed E-state index contributed by atoms with van der Waals surface area (Å²) in [6.07, 6.45) is 3.28. The minimum absolute atomic E-state index is 0.276. The molecule has 0 aromatic carbocycles. The number of rotatable bonds is 5. The van der Waals surface area contributed by atoms with Gasteiger partial charge in [-0.25, -0.2) is 13.4 Å². The lowest BCUT2D eigenvalue weighted by Gasteiger charge is -2.17. The maximum atomic E-state index is 12.7. The summed E-state index contributed by atoms with van der Waals surface area (Å²) in [6.45, 7) is 0.712. The molecule has 0 aliphatic heterocycles. The van der Waals surface area contributed by atoms with E-state index in [2.05, 4.69) is 16.0 Å². The van der Waals surface area contributed by atoms with Gasteiger partial charge in [-0.2, -0.15) is 23.2 Å². The third kappa shape index (κ3) is 3.60. The van der Waals surface area contributed by atoms with Crippen LogP contribution in [0.2, 0.25) is 0 Å². The van der Waals surface area contributed by atoms with E-state index in [9.17, 15) is 26.9 Å². The van der Waals surface area contributed by atoms with Gasteiger partial charge in [0.05, 0.1) is 17.0 Å². The molecule has 7 nitrogen and oxygen atoms in total. The number of nitrogens with zero attached hydrogens (tertiary/aromatic N) is 4. The highest BCUT2D eigenvalue weighted by molar-refractivity contribution is 7.89. The van der Waals surface area contributed by atoms with Gasteiger partial charge in [0, 0.05) is 23.5 Å². The molecule has 31 heavy (non-hydrogen) atoms. The molecule has 3 aromatic rings. The predicted molar refractivity (Wildman–Crippen MR) is 107 cm³/mol. The third-order valence-corrected chi connectivity index (χ3v) is 6.27. The van der Waals surface area contributed by atoms with Crippen LogP contribution in [-0.2, 0) is 10.0 Å². The number of fused-ring (bicyclic) bond motifs is 1. The van der Waals surface area contributed by atoms with Crippen molar-refractivity contribution in [2.45, 2.75) is 24.0 Å². The Morgan fingerprint density at radius 3 is 2.52 bits per heavy atom. The fraction of sp³-hybridized carbons (Fsp3) is 0.150. The van der Waals surface area contributed by atoms with E-state index in [0.717, 1.165) is 18.0 Å². The van der Waals surface area contributed by atoms with E-state index in [1.165, 1.54) is 6.07 Å². The van der Waals surface area contributed by atoms with Crippen LogP contribution in [-0.4, -0.2) is 35.2 Å². The third-order valence-electron chi connectivity index (χ3n) is 4.74. The Balaban J connectivity index is 1.80. The van der Waals surface area contributed by atoms with Gasteiger partial charge in [-0.3, -0.25) is 9.55 Å². The number of aromatic nitrogens is 3. The lowest BCUT2D eigenvalue weighted by Crippen LogP contribution is -2.42. The van der Waals surface area contributed by atoms with Crippen LogP contribution in [0.1, 0.15) is 12.5 Å². The van der Waals surface area contributed by atoms with Crippen molar-refractivity contribution >= 4 is 26.8 Å². The van der Waals surface area contributed by atoms with Crippen molar-refractivity contribution in [3.05, 3.63) is 60.5 Å². The molecule has 158 valence electrons. The number of sulfonamides is 1. The van der Waals surface area contributed by atoms with Crippen molar-refractivity contribution < 1.29 is 21.6 Å². The van der Waals surface area contributed by atoms with Crippen LogP contribution >= 0.6 is 0 Å². The summed E-state index contributed by atoms with van der Waals surface area (Å²) in [7, 11) is -4.44. The molecular formula is C20H14F3N5O2S. The zero-order valence-electron chi connectivity index (χ0n) is 15.9. The highest BCUT2D eigenvalue weighted by Crippen LogP contribution is 2.36. The van der Waals surface area contributed by atoms with E-state index in [0.29, 0.717) is 29.2 Å². The van der Waals surface area contributed by atoms with E-state index in [4.69, 9.17) is 0 Å². The summed E-state index contributed by atoms with van der Waals surface area (Å²) in [5.74, 6) is 0. The summed E-state index contributed by atoms with van der Waals surface area (Å²) in [4.78, 5) is 8.06. The average Bonchev–Trinajstić information content (AvgIpc) is 3.00. The normalized spacial score (nSPS) is 14.7. The molecule has 4 rings (SSSR count). The molecule has 1 aliphatic rings. The lowest BCUT2D eigenvalue weighted by atomic mass is 10.1. The van der Waals surface area contributed by atoms with Crippen molar-refractivity contribution in [3.8, 4) is 17.5 Å². The van der Waals surface area contributed by atoms with Crippen LogP contribution in [0.4, 0.5) is 13.2 Å². The second-order valence-electron chi connectivity index (χ2n) is 6.76. The Morgan fingerprint density at radius 2 is 1.97 bits per heavy atom. The van der Waals surface area contributed by atoms with Gasteiger partial charge in [-0.15, -0.1) is 0 Å². The van der Waals surface area contributed by atoms with Gasteiger partial charge in [0.25, 0.3) is 0 Å². The maximum absolute atomic E-state index is 12.7. The molecule has 1 N–H and O–H groups in total. The largest absolute Gasteiger partial charge is 0.404 e. The SMILES string of the molecule is C[C@@H](NS(=O)(=O)c1ccc(-c2c(C#N)c3cccnc3n2C2=CC=C2)nc1)C(F)(F)F. The zero-order valence-corrected chi connectivity index (χ0v) is 16.7. The van der Waals surface area contributed by atoms with E-state index >= 15 is 0 Å². The number of nitriles is 1. The van der Waals surface area contributed by atoms with Crippen LogP contribution < -0.4 is 4.72 Å². The number of allylic oxidation sites excluding steroid dienone is 4. The molecular weight excluding hydrogens is 431 g/mol. The number of hydrogen-bond donors (Lipinski definition) is 1. The topological polar surface area (TPSA) is 101 Å². The van der Waals surface area contributed by atoms with Crippen molar-refractivity contribution in [1.29, 1.82) is 5.26 Å². The number of halogens is 3. The van der Waals surface area contributed by atoms with Gasteiger partial charge in [0.15, 0.2) is 0 Å². The van der Waals surface area contributed by atoms with Crippen molar-refractivity contribution in [3.63, 3.8) is 0 Å². The Labute approximate surface area is 175 Å². The Kier molecular flexibility index (Phi) is 4.91. The van der Waals surface area contributed by atoms with E-state index in [1.807, 2.05) is 18.2 Å². The molecule has 0 fully saturated rings. The minimum Gasteiger partial charge on any atom is -0.291 e. The molecule has 0 spiro atoms. The first-order chi connectivity index (χ1) is 14.6. The van der Waals surface area contributed by atoms with Crippen LogP contribution in [0, 0.1) is 11.3 Å². The van der Waals surface area contributed by atoms with Crippen LogP contribution in [0.15, 0.2) is 59.8 Å². The second-order valence-corrected chi connectivity index (χ2v) is 8.47. The summed E-state index contributed by atoms with van der Waals surface area (Å²) in [5, 5.41) is 10.4. The molecule has 3 heterocycles. The fourth-order valence-corrected chi connectivity index (χ4v) is 4.27. The Morgan fingerprint density at radius 1 is 1.23 bits per heavy atom. The quantitative estimate of drug-likeness (QED) is 0.647. The highest BCUT2D eigenvalue weighted by Gasteiger charge is 2.39. The van der Waals surface area contributed by atoms with Gasteiger partial charge in [-0.1, -0.05) is 6.08 Å². The average molecular weight is 445 g/mol. The highest BCUT2D eigenvalue weighted by atomic mass is 32.2. The number of hydrogen-bond acceptors (Lipinski definition) is 5. The van der Waals surface area contributed by atoms with Gasteiger partial charge in [0.2, 0.25) is 10.0 Å². The first-order valence-electron chi connectivity index (χ1n) is 8.97. The summed E-state index contributed by atoms with van der Waals surface area (Å²) >= 11 is 0. The second kappa shape index (κ2) is 7.33. The Hall–Kier alpha value is -3.49. The molecule has 0 radical (unpaired) electrons. The zero-order chi connectivity index (χ0) is 22.4. The molecule has 0 amide bonds.